The maximum absolute atomic E-state index is 6.10. The summed E-state index contributed by atoms with van der Waals surface area (Å²) in [6.45, 7) is 6.85. The van der Waals surface area contributed by atoms with E-state index in [0.29, 0.717) is 0 Å². The van der Waals surface area contributed by atoms with E-state index in [2.05, 4.69) is 21.9 Å². The summed E-state index contributed by atoms with van der Waals surface area (Å²) in [6, 6.07) is 0.0912. The van der Waals surface area contributed by atoms with Gasteiger partial charge in [0.15, 0.2) is 5.82 Å². The number of hydrogen-bond acceptors (Lipinski definition) is 4. The molecule has 2 N–H and O–H groups in total. The molecule has 0 bridgehead atoms. The lowest BCUT2D eigenvalue weighted by Gasteiger charge is -2.31. The van der Waals surface area contributed by atoms with Gasteiger partial charge >= 0.3 is 0 Å². The first-order valence-electron chi connectivity index (χ1n) is 7.68. The van der Waals surface area contributed by atoms with E-state index in [1.807, 2.05) is 4.68 Å². The lowest BCUT2D eigenvalue weighted by Crippen LogP contribution is -2.36. The van der Waals surface area contributed by atoms with Crippen molar-refractivity contribution >= 4 is 0 Å². The van der Waals surface area contributed by atoms with E-state index in [1.54, 1.807) is 0 Å². The lowest BCUT2D eigenvalue weighted by molar-refractivity contribution is 0.180. The molecule has 1 saturated heterocycles. The number of likely N-dealkylation sites (tertiary alicyclic amines) is 1. The van der Waals surface area contributed by atoms with Crippen molar-refractivity contribution in [2.75, 3.05) is 19.6 Å². The standard InChI is InChI=1S/C14H25N5/c1-2-18-7-3-5-11(10-18)9-13-16-14-12(15)6-4-8-19(14)17-13/h11-12H,2-10,15H2,1H3. The maximum atomic E-state index is 6.10. The van der Waals surface area contributed by atoms with Crippen LogP contribution in [0.25, 0.3) is 0 Å². The normalized spacial score (nSPS) is 28.3. The molecule has 0 aliphatic carbocycles. The lowest BCUT2D eigenvalue weighted by atomic mass is 9.94. The Bertz CT molecular complexity index is 427. The zero-order chi connectivity index (χ0) is 13.2. The molecule has 3 heterocycles. The third-order valence-corrected chi connectivity index (χ3v) is 4.48. The predicted octanol–water partition coefficient (Wildman–Crippen LogP) is 1.35. The molecule has 0 aromatic carbocycles. The highest BCUT2D eigenvalue weighted by Gasteiger charge is 2.24. The second-order valence-corrected chi connectivity index (χ2v) is 5.96. The van der Waals surface area contributed by atoms with Crippen LogP contribution in [0.1, 0.15) is 50.3 Å². The summed E-state index contributed by atoms with van der Waals surface area (Å²) in [5.41, 5.74) is 6.10. The van der Waals surface area contributed by atoms with Crippen molar-refractivity contribution in [3.05, 3.63) is 11.6 Å². The topological polar surface area (TPSA) is 60.0 Å². The van der Waals surface area contributed by atoms with E-state index < -0.39 is 0 Å². The molecule has 5 nitrogen and oxygen atoms in total. The summed E-state index contributed by atoms with van der Waals surface area (Å²) in [4.78, 5) is 7.22. The smallest absolute Gasteiger partial charge is 0.151 e. The van der Waals surface area contributed by atoms with E-state index >= 15 is 0 Å². The van der Waals surface area contributed by atoms with E-state index in [4.69, 9.17) is 5.73 Å². The molecule has 1 fully saturated rings. The highest BCUT2D eigenvalue weighted by molar-refractivity contribution is 5.02. The molecule has 0 radical (unpaired) electrons. The molecule has 2 aliphatic heterocycles. The Morgan fingerprint density at radius 1 is 1.26 bits per heavy atom. The molecule has 106 valence electrons. The predicted molar refractivity (Wildman–Crippen MR) is 74.7 cm³/mol. The van der Waals surface area contributed by atoms with Gasteiger partial charge in [-0.15, -0.1) is 0 Å². The van der Waals surface area contributed by atoms with Gasteiger partial charge < -0.3 is 10.6 Å². The Balaban J connectivity index is 1.66. The van der Waals surface area contributed by atoms with Crippen molar-refractivity contribution in [1.82, 2.24) is 19.7 Å². The summed E-state index contributed by atoms with van der Waals surface area (Å²) >= 11 is 0. The molecule has 0 amide bonds. The van der Waals surface area contributed by atoms with Crippen LogP contribution in [0.4, 0.5) is 0 Å². The van der Waals surface area contributed by atoms with Crippen LogP contribution in [-0.4, -0.2) is 39.3 Å². The van der Waals surface area contributed by atoms with Gasteiger partial charge in [0.05, 0.1) is 6.04 Å². The summed E-state index contributed by atoms with van der Waals surface area (Å²) < 4.78 is 2.03. The molecule has 0 saturated carbocycles. The van der Waals surface area contributed by atoms with E-state index in [0.717, 1.165) is 49.9 Å². The fourth-order valence-corrected chi connectivity index (χ4v) is 3.38. The number of nitrogens with zero attached hydrogens (tertiary/aromatic N) is 4. The molecule has 5 heteroatoms. The average molecular weight is 263 g/mol. The second kappa shape index (κ2) is 5.59. The molecule has 2 atom stereocenters. The van der Waals surface area contributed by atoms with Gasteiger partial charge in [-0.05, 0) is 44.7 Å². The van der Waals surface area contributed by atoms with Crippen molar-refractivity contribution in [2.24, 2.45) is 11.7 Å². The molecule has 1 aromatic heterocycles. The van der Waals surface area contributed by atoms with Crippen LogP contribution < -0.4 is 5.73 Å². The van der Waals surface area contributed by atoms with Crippen molar-refractivity contribution < 1.29 is 0 Å². The largest absolute Gasteiger partial charge is 0.321 e. The second-order valence-electron chi connectivity index (χ2n) is 5.96. The minimum Gasteiger partial charge on any atom is -0.321 e. The Hall–Kier alpha value is -0.940. The molecule has 1 aromatic rings. The quantitative estimate of drug-likeness (QED) is 0.894. The van der Waals surface area contributed by atoms with Crippen LogP contribution in [0.3, 0.4) is 0 Å². The van der Waals surface area contributed by atoms with Crippen LogP contribution in [0.5, 0.6) is 0 Å². The minimum absolute atomic E-state index is 0.0912. The third-order valence-electron chi connectivity index (χ3n) is 4.48. The minimum atomic E-state index is 0.0912. The van der Waals surface area contributed by atoms with Gasteiger partial charge in [-0.1, -0.05) is 6.92 Å². The fourth-order valence-electron chi connectivity index (χ4n) is 3.38. The highest BCUT2D eigenvalue weighted by atomic mass is 15.4. The Morgan fingerprint density at radius 3 is 2.89 bits per heavy atom. The number of aryl methyl sites for hydroxylation is 1. The van der Waals surface area contributed by atoms with Gasteiger partial charge in [0.25, 0.3) is 0 Å². The molecule has 2 aliphatic rings. The SMILES string of the molecule is CCN1CCCC(Cc2nc3n(n2)CCCC3N)C1. The molecule has 19 heavy (non-hydrogen) atoms. The number of hydrogen-bond donors (Lipinski definition) is 1. The van der Waals surface area contributed by atoms with Gasteiger partial charge in [-0.25, -0.2) is 9.67 Å². The number of nitrogens with two attached hydrogens (primary N) is 1. The summed E-state index contributed by atoms with van der Waals surface area (Å²) in [5, 5.41) is 4.65. The number of fused-ring (bicyclic) bond motifs is 1. The molecular formula is C14H25N5. The first-order chi connectivity index (χ1) is 9.26. The number of piperidine rings is 1. The van der Waals surface area contributed by atoms with Crippen LogP contribution in [-0.2, 0) is 13.0 Å². The monoisotopic (exact) mass is 263 g/mol. The van der Waals surface area contributed by atoms with E-state index in [1.165, 1.54) is 25.9 Å². The highest BCUT2D eigenvalue weighted by Crippen LogP contribution is 2.23. The van der Waals surface area contributed by atoms with Crippen LogP contribution in [0.15, 0.2) is 0 Å². The van der Waals surface area contributed by atoms with Gasteiger partial charge in [0.2, 0.25) is 0 Å². The van der Waals surface area contributed by atoms with E-state index in [-0.39, 0.29) is 6.04 Å². The zero-order valence-corrected chi connectivity index (χ0v) is 11.9. The van der Waals surface area contributed by atoms with Crippen LogP contribution in [0.2, 0.25) is 0 Å². The van der Waals surface area contributed by atoms with Crippen molar-refractivity contribution in [2.45, 2.75) is 51.6 Å². The van der Waals surface area contributed by atoms with Crippen LogP contribution in [0, 0.1) is 5.92 Å². The number of rotatable bonds is 3. The Morgan fingerprint density at radius 2 is 2.11 bits per heavy atom. The summed E-state index contributed by atoms with van der Waals surface area (Å²) in [7, 11) is 0. The van der Waals surface area contributed by atoms with E-state index in [9.17, 15) is 0 Å². The zero-order valence-electron chi connectivity index (χ0n) is 11.9. The van der Waals surface area contributed by atoms with Crippen molar-refractivity contribution in [3.8, 4) is 0 Å². The maximum Gasteiger partial charge on any atom is 0.151 e. The van der Waals surface area contributed by atoms with Crippen molar-refractivity contribution in [1.29, 1.82) is 0 Å². The van der Waals surface area contributed by atoms with Crippen LogP contribution >= 0.6 is 0 Å². The molecule has 3 rings (SSSR count). The van der Waals surface area contributed by atoms with Gasteiger partial charge in [-0.2, -0.15) is 5.10 Å². The average Bonchev–Trinajstić information content (AvgIpc) is 2.83. The van der Waals surface area contributed by atoms with Crippen molar-refractivity contribution in [3.63, 3.8) is 0 Å². The Labute approximate surface area is 115 Å². The Kier molecular flexibility index (Phi) is 3.84. The third kappa shape index (κ3) is 2.82. The fraction of sp³-hybridized carbons (Fsp3) is 0.857. The summed E-state index contributed by atoms with van der Waals surface area (Å²) in [5.74, 6) is 2.73. The van der Waals surface area contributed by atoms with Gasteiger partial charge in [0, 0.05) is 19.5 Å². The number of aromatic nitrogens is 3. The summed E-state index contributed by atoms with van der Waals surface area (Å²) in [6.07, 6.45) is 5.82. The van der Waals surface area contributed by atoms with Gasteiger partial charge in [0.1, 0.15) is 5.82 Å². The molecule has 2 unspecified atom stereocenters. The van der Waals surface area contributed by atoms with Gasteiger partial charge in [-0.3, -0.25) is 0 Å². The first kappa shape index (κ1) is 13.1. The first-order valence-corrected chi connectivity index (χ1v) is 7.68. The molecular weight excluding hydrogens is 238 g/mol. The molecule has 0 spiro atoms.